The molecule has 1 atom stereocenters. The van der Waals surface area contributed by atoms with Crippen molar-refractivity contribution in [2.75, 3.05) is 13.2 Å². The number of aryl methyl sites for hydroxylation is 1. The molecule has 1 unspecified atom stereocenters. The van der Waals surface area contributed by atoms with Crippen LogP contribution in [0.3, 0.4) is 0 Å². The topological polar surface area (TPSA) is 38.1 Å². The van der Waals surface area contributed by atoms with Crippen molar-refractivity contribution in [2.24, 2.45) is 7.05 Å². The molecule has 156 valence electrons. The average molecular weight is 427 g/mol. The molecule has 0 aromatic carbocycles. The molecule has 0 bridgehead atoms. The summed E-state index contributed by atoms with van der Waals surface area (Å²) >= 11 is 1.11. The first kappa shape index (κ1) is 21.3. The fraction of sp³-hybridized carbons (Fsp3) is 0.400. The molecule has 0 saturated carbocycles. The van der Waals surface area contributed by atoms with E-state index in [1.165, 1.54) is 7.05 Å². The van der Waals surface area contributed by atoms with Crippen LogP contribution in [0.2, 0.25) is 0 Å². The van der Waals surface area contributed by atoms with Crippen LogP contribution in [0, 0.1) is 0 Å². The number of unbranched alkanes of at least 4 members (excludes halogenated alkanes) is 1. The van der Waals surface area contributed by atoms with E-state index in [1.807, 2.05) is 24.3 Å². The highest BCUT2D eigenvalue weighted by Gasteiger charge is 2.35. The van der Waals surface area contributed by atoms with E-state index in [4.69, 9.17) is 0 Å². The lowest BCUT2D eigenvalue weighted by molar-refractivity contribution is -0.143. The van der Waals surface area contributed by atoms with Crippen molar-refractivity contribution in [3.8, 4) is 10.6 Å². The summed E-state index contributed by atoms with van der Waals surface area (Å²) in [4.78, 5) is 15.7. The van der Waals surface area contributed by atoms with E-state index in [0.29, 0.717) is 35.6 Å². The molecule has 0 aliphatic heterocycles. The van der Waals surface area contributed by atoms with Crippen molar-refractivity contribution >= 4 is 17.2 Å². The Morgan fingerprint density at radius 1 is 1.31 bits per heavy atom. The van der Waals surface area contributed by atoms with Crippen LogP contribution in [0.5, 0.6) is 0 Å². The number of thiophene rings is 1. The third-order valence-electron chi connectivity index (χ3n) is 4.64. The molecule has 1 aliphatic rings. The Balaban J connectivity index is 1.82. The van der Waals surface area contributed by atoms with E-state index in [-0.39, 0.29) is 17.6 Å². The lowest BCUT2D eigenvalue weighted by Gasteiger charge is -2.30. The molecular formula is C20H21F4N3OS. The Morgan fingerprint density at radius 2 is 2.10 bits per heavy atom. The third kappa shape index (κ3) is 4.95. The zero-order valence-corrected chi connectivity index (χ0v) is 16.6. The van der Waals surface area contributed by atoms with Crippen LogP contribution in [-0.4, -0.2) is 39.8 Å². The normalized spacial score (nSPS) is 16.4. The second-order valence-corrected chi connectivity index (χ2v) is 7.79. The van der Waals surface area contributed by atoms with E-state index < -0.39 is 18.5 Å². The van der Waals surface area contributed by atoms with Crippen LogP contribution in [0.4, 0.5) is 17.6 Å². The summed E-state index contributed by atoms with van der Waals surface area (Å²) in [6.07, 6.45) is 4.76. The Hall–Kier alpha value is -2.42. The summed E-state index contributed by atoms with van der Waals surface area (Å²) in [7, 11) is 1.24. The minimum atomic E-state index is -4.50. The van der Waals surface area contributed by atoms with Gasteiger partial charge in [-0.3, -0.25) is 13.9 Å². The largest absolute Gasteiger partial charge is 0.433 e. The number of hydrogen-bond acceptors (Lipinski definition) is 3. The summed E-state index contributed by atoms with van der Waals surface area (Å²) < 4.78 is 52.3. The van der Waals surface area contributed by atoms with Crippen molar-refractivity contribution in [3.63, 3.8) is 0 Å². The van der Waals surface area contributed by atoms with Crippen LogP contribution < -0.4 is 0 Å². The molecule has 0 saturated heterocycles. The van der Waals surface area contributed by atoms with Crippen molar-refractivity contribution in [3.05, 3.63) is 53.1 Å². The van der Waals surface area contributed by atoms with Crippen LogP contribution >= 0.6 is 11.3 Å². The van der Waals surface area contributed by atoms with E-state index in [1.54, 1.807) is 17.0 Å². The highest BCUT2D eigenvalue weighted by atomic mass is 32.1. The number of alkyl halides is 4. The van der Waals surface area contributed by atoms with Gasteiger partial charge in [-0.15, -0.1) is 11.3 Å². The summed E-state index contributed by atoms with van der Waals surface area (Å²) in [5.41, 5.74) is -0.672. The summed E-state index contributed by atoms with van der Waals surface area (Å²) in [5, 5.41) is 3.94. The molecule has 2 aromatic heterocycles. The maximum atomic E-state index is 13.1. The number of carbonyl (C=O) groups excluding carboxylic acids is 1. The number of halogens is 4. The Bertz CT molecular complexity index is 913. The minimum absolute atomic E-state index is 0.121. The molecule has 1 aliphatic carbocycles. The SMILES string of the molecule is Cn1nc(-c2ccc(C(=O)N(CCCCF)C3C=CC=CC3)s2)cc1C(F)(F)F. The Morgan fingerprint density at radius 3 is 2.72 bits per heavy atom. The smallest absolute Gasteiger partial charge is 0.331 e. The molecule has 9 heteroatoms. The summed E-state index contributed by atoms with van der Waals surface area (Å²) in [6.45, 7) is -0.0204. The van der Waals surface area contributed by atoms with E-state index in [2.05, 4.69) is 5.10 Å². The molecule has 2 aromatic rings. The van der Waals surface area contributed by atoms with Gasteiger partial charge in [-0.05, 0) is 37.5 Å². The van der Waals surface area contributed by atoms with Crippen molar-refractivity contribution in [1.29, 1.82) is 0 Å². The van der Waals surface area contributed by atoms with Gasteiger partial charge in [-0.1, -0.05) is 24.3 Å². The molecule has 0 spiro atoms. The van der Waals surface area contributed by atoms with Crippen LogP contribution in [0.25, 0.3) is 10.6 Å². The standard InChI is InChI=1S/C20H21F4N3OS/c1-26-18(20(22,23)24)13-15(25-26)16-9-10-17(29-16)19(28)27(12-6-5-11-21)14-7-3-2-4-8-14/h2-4,7,9-10,13-14H,5-6,8,11-12H2,1H3. The molecular weight excluding hydrogens is 406 g/mol. The Labute approximate surface area is 170 Å². The monoisotopic (exact) mass is 427 g/mol. The summed E-state index contributed by atoms with van der Waals surface area (Å²) in [5.74, 6) is -0.211. The van der Waals surface area contributed by atoms with Crippen LogP contribution in [0.15, 0.2) is 42.5 Å². The average Bonchev–Trinajstić information content (AvgIpc) is 3.32. The predicted octanol–water partition coefficient (Wildman–Crippen LogP) is 5.24. The molecule has 29 heavy (non-hydrogen) atoms. The number of rotatable bonds is 7. The van der Waals surface area contributed by atoms with Crippen molar-refractivity contribution in [1.82, 2.24) is 14.7 Å². The van der Waals surface area contributed by atoms with Crippen molar-refractivity contribution in [2.45, 2.75) is 31.5 Å². The number of allylic oxidation sites excluding steroid dienone is 2. The second-order valence-electron chi connectivity index (χ2n) is 6.71. The molecule has 2 heterocycles. The molecule has 0 radical (unpaired) electrons. The van der Waals surface area contributed by atoms with Crippen LogP contribution in [0.1, 0.15) is 34.6 Å². The molecule has 0 N–H and O–H groups in total. The number of carbonyl (C=O) groups is 1. The van der Waals surface area contributed by atoms with Gasteiger partial charge < -0.3 is 4.90 Å². The predicted molar refractivity (Wildman–Crippen MR) is 104 cm³/mol. The number of amides is 1. The third-order valence-corrected chi connectivity index (χ3v) is 5.74. The van der Waals surface area contributed by atoms with Crippen LogP contribution in [-0.2, 0) is 13.2 Å². The Kier molecular flexibility index (Phi) is 6.56. The van der Waals surface area contributed by atoms with Gasteiger partial charge in [0.1, 0.15) is 11.4 Å². The van der Waals surface area contributed by atoms with E-state index >= 15 is 0 Å². The fourth-order valence-corrected chi connectivity index (χ4v) is 4.10. The first-order chi connectivity index (χ1) is 13.8. The van der Waals surface area contributed by atoms with Gasteiger partial charge >= 0.3 is 6.18 Å². The van der Waals surface area contributed by atoms with Gasteiger partial charge in [0.25, 0.3) is 5.91 Å². The number of hydrogen-bond donors (Lipinski definition) is 0. The fourth-order valence-electron chi connectivity index (χ4n) is 3.18. The van der Waals surface area contributed by atoms with Gasteiger partial charge in [0.05, 0.1) is 22.5 Å². The lowest BCUT2D eigenvalue weighted by Crippen LogP contribution is -2.40. The highest BCUT2D eigenvalue weighted by molar-refractivity contribution is 7.17. The van der Waals surface area contributed by atoms with Gasteiger partial charge in [0, 0.05) is 13.6 Å². The van der Waals surface area contributed by atoms with Crippen molar-refractivity contribution < 1.29 is 22.4 Å². The number of nitrogens with zero attached hydrogens (tertiary/aromatic N) is 3. The zero-order valence-electron chi connectivity index (χ0n) is 15.8. The highest BCUT2D eigenvalue weighted by Crippen LogP contribution is 2.34. The quantitative estimate of drug-likeness (QED) is 0.448. The van der Waals surface area contributed by atoms with E-state index in [9.17, 15) is 22.4 Å². The minimum Gasteiger partial charge on any atom is -0.331 e. The zero-order chi connectivity index (χ0) is 21.0. The van der Waals surface area contributed by atoms with Gasteiger partial charge in [0.2, 0.25) is 0 Å². The molecule has 1 amide bonds. The second kappa shape index (κ2) is 8.94. The number of aromatic nitrogens is 2. The molecule has 4 nitrogen and oxygen atoms in total. The maximum Gasteiger partial charge on any atom is 0.433 e. The van der Waals surface area contributed by atoms with E-state index in [0.717, 1.165) is 22.1 Å². The maximum absolute atomic E-state index is 13.1. The van der Waals surface area contributed by atoms with Gasteiger partial charge in [0.15, 0.2) is 0 Å². The first-order valence-electron chi connectivity index (χ1n) is 9.23. The first-order valence-corrected chi connectivity index (χ1v) is 10.0. The molecule has 0 fully saturated rings. The van der Waals surface area contributed by atoms with Gasteiger partial charge in [-0.2, -0.15) is 18.3 Å². The van der Waals surface area contributed by atoms with Gasteiger partial charge in [-0.25, -0.2) is 0 Å². The lowest BCUT2D eigenvalue weighted by atomic mass is 10.1. The summed E-state index contributed by atoms with van der Waals surface area (Å²) in [6, 6.07) is 4.07. The molecule has 3 rings (SSSR count).